The van der Waals surface area contributed by atoms with Gasteiger partial charge in [-0.15, -0.1) is 0 Å². The molecule has 1 aromatic carbocycles. The highest BCUT2D eigenvalue weighted by Gasteiger charge is 2.30. The molecule has 3 aromatic rings. The van der Waals surface area contributed by atoms with Crippen molar-refractivity contribution in [1.82, 2.24) is 19.5 Å². The van der Waals surface area contributed by atoms with Crippen molar-refractivity contribution in [1.29, 1.82) is 0 Å². The van der Waals surface area contributed by atoms with E-state index in [1.165, 1.54) is 17.8 Å². The maximum Gasteiger partial charge on any atom is 0.337 e. The average molecular weight is 385 g/mol. The molecule has 4 rings (SSSR count). The first-order chi connectivity index (χ1) is 13.0. The van der Waals surface area contributed by atoms with Crippen LogP contribution in [0.15, 0.2) is 36.7 Å². The highest BCUT2D eigenvalue weighted by Crippen LogP contribution is 2.31. The molecule has 0 saturated carbocycles. The lowest BCUT2D eigenvalue weighted by Gasteiger charge is -2.35. The van der Waals surface area contributed by atoms with Gasteiger partial charge < -0.3 is 9.64 Å². The van der Waals surface area contributed by atoms with E-state index in [9.17, 15) is 9.59 Å². The quantitative estimate of drug-likeness (QED) is 0.635. The number of hydrogen-bond donors (Lipinski definition) is 0. The Bertz CT molecular complexity index is 1060. The highest BCUT2D eigenvalue weighted by molar-refractivity contribution is 6.30. The Morgan fingerprint density at radius 1 is 1.30 bits per heavy atom. The largest absolute Gasteiger partial charge is 0.465 e. The summed E-state index contributed by atoms with van der Waals surface area (Å²) in [5.41, 5.74) is 3.42. The van der Waals surface area contributed by atoms with Crippen LogP contribution in [0.4, 0.5) is 0 Å². The van der Waals surface area contributed by atoms with Gasteiger partial charge in [0.2, 0.25) is 0 Å². The fourth-order valence-electron chi connectivity index (χ4n) is 3.44. The number of methoxy groups -OCH3 is 1. The molecule has 8 heteroatoms. The van der Waals surface area contributed by atoms with Gasteiger partial charge in [-0.3, -0.25) is 4.79 Å². The summed E-state index contributed by atoms with van der Waals surface area (Å²) >= 11 is 5.93. The minimum absolute atomic E-state index is 0.182. The molecule has 0 saturated heterocycles. The molecule has 7 nitrogen and oxygen atoms in total. The number of benzene rings is 1. The second-order valence-corrected chi connectivity index (χ2v) is 6.87. The summed E-state index contributed by atoms with van der Waals surface area (Å²) in [6.07, 6.45) is 3.84. The third-order valence-electron chi connectivity index (χ3n) is 4.87. The Morgan fingerprint density at radius 2 is 2.11 bits per heavy atom. The van der Waals surface area contributed by atoms with Crippen molar-refractivity contribution in [3.8, 4) is 0 Å². The van der Waals surface area contributed by atoms with Crippen LogP contribution in [0, 0.1) is 0 Å². The third kappa shape index (κ3) is 3.04. The van der Waals surface area contributed by atoms with E-state index < -0.39 is 5.97 Å². The summed E-state index contributed by atoms with van der Waals surface area (Å²) in [5, 5.41) is 4.75. The smallest absolute Gasteiger partial charge is 0.337 e. The molecule has 0 aliphatic carbocycles. The molecule has 0 radical (unpaired) electrons. The van der Waals surface area contributed by atoms with E-state index in [4.69, 9.17) is 16.3 Å². The van der Waals surface area contributed by atoms with Crippen LogP contribution in [0.5, 0.6) is 0 Å². The number of halogens is 1. The minimum atomic E-state index is -0.392. The number of amides is 1. The molecule has 0 bridgehead atoms. The molecule has 27 heavy (non-hydrogen) atoms. The number of rotatable bonds is 2. The van der Waals surface area contributed by atoms with Gasteiger partial charge in [-0.25, -0.2) is 14.3 Å². The van der Waals surface area contributed by atoms with Gasteiger partial charge in [0.25, 0.3) is 5.91 Å². The minimum Gasteiger partial charge on any atom is -0.465 e. The summed E-state index contributed by atoms with van der Waals surface area (Å²) in [4.78, 5) is 30.8. The first kappa shape index (κ1) is 17.5. The Kier molecular flexibility index (Phi) is 4.31. The lowest BCUT2D eigenvalue weighted by molar-refractivity contribution is 0.0600. The molecule has 2 aromatic heterocycles. The zero-order valence-corrected chi connectivity index (χ0v) is 15.6. The number of esters is 1. The normalized spacial score (nSPS) is 16.3. The molecule has 1 aliphatic heterocycles. The summed E-state index contributed by atoms with van der Waals surface area (Å²) in [7, 11) is 1.35. The lowest BCUT2D eigenvalue weighted by Crippen LogP contribution is -2.39. The average Bonchev–Trinajstić information content (AvgIpc) is 3.10. The number of hydrogen-bond acceptors (Lipinski definition) is 5. The molecule has 138 valence electrons. The molecule has 1 amide bonds. The predicted molar refractivity (Wildman–Crippen MR) is 98.9 cm³/mol. The Morgan fingerprint density at radius 3 is 2.89 bits per heavy atom. The highest BCUT2D eigenvalue weighted by atomic mass is 35.5. The van der Waals surface area contributed by atoms with Crippen molar-refractivity contribution < 1.29 is 14.3 Å². The Balaban J connectivity index is 1.66. The maximum absolute atomic E-state index is 13.0. The van der Waals surface area contributed by atoms with Gasteiger partial charge in [0.05, 0.1) is 29.9 Å². The van der Waals surface area contributed by atoms with Crippen LogP contribution in [-0.4, -0.2) is 45.0 Å². The lowest BCUT2D eigenvalue weighted by atomic mass is 9.91. The van der Waals surface area contributed by atoms with Gasteiger partial charge in [0, 0.05) is 18.8 Å². The topological polar surface area (TPSA) is 76.8 Å². The Labute approximate surface area is 160 Å². The number of carbonyl (C=O) groups excluding carboxylic acids is 2. The van der Waals surface area contributed by atoms with Crippen LogP contribution in [0.1, 0.15) is 44.9 Å². The zero-order valence-electron chi connectivity index (χ0n) is 14.8. The first-order valence-electron chi connectivity index (χ1n) is 8.51. The number of ether oxygens (including phenoxy) is 1. The molecule has 0 N–H and O–H groups in total. The van der Waals surface area contributed by atoms with E-state index in [0.29, 0.717) is 34.9 Å². The van der Waals surface area contributed by atoms with Crippen molar-refractivity contribution in [2.24, 2.45) is 0 Å². The first-order valence-corrected chi connectivity index (χ1v) is 8.89. The van der Waals surface area contributed by atoms with E-state index in [1.807, 2.05) is 13.0 Å². The van der Waals surface area contributed by atoms with Crippen LogP contribution in [0.25, 0.3) is 5.65 Å². The van der Waals surface area contributed by atoms with Crippen molar-refractivity contribution in [2.75, 3.05) is 13.7 Å². The fraction of sp³-hybridized carbons (Fsp3) is 0.263. The van der Waals surface area contributed by atoms with E-state index >= 15 is 0 Å². The molecule has 1 aliphatic rings. The van der Waals surface area contributed by atoms with E-state index in [-0.39, 0.29) is 11.9 Å². The Hall–Kier alpha value is -2.93. The van der Waals surface area contributed by atoms with Crippen molar-refractivity contribution >= 4 is 29.1 Å². The molecule has 3 heterocycles. The van der Waals surface area contributed by atoms with E-state index in [2.05, 4.69) is 10.1 Å². The second-order valence-electron chi connectivity index (χ2n) is 6.43. The van der Waals surface area contributed by atoms with E-state index in [1.54, 1.807) is 29.3 Å². The zero-order chi connectivity index (χ0) is 19.1. The van der Waals surface area contributed by atoms with Crippen molar-refractivity contribution in [2.45, 2.75) is 19.4 Å². The molecule has 1 unspecified atom stereocenters. The standard InChI is InChI=1S/C19H17ClN4O3/c1-11-15-7-13(19(26)27-2)4-3-12(15)5-6-23(11)18(25)16-8-17-21-9-14(20)10-24(17)22-16/h3-4,7-11H,5-6H2,1-2H3. The van der Waals surface area contributed by atoms with Crippen LogP contribution < -0.4 is 0 Å². The van der Waals surface area contributed by atoms with Gasteiger partial charge in [-0.05, 0) is 36.6 Å². The fourth-order valence-corrected chi connectivity index (χ4v) is 3.58. The molecule has 0 fully saturated rings. The number of fused-ring (bicyclic) bond motifs is 2. The molecule has 0 spiro atoms. The second kappa shape index (κ2) is 6.66. The van der Waals surface area contributed by atoms with Gasteiger partial charge >= 0.3 is 5.97 Å². The summed E-state index contributed by atoms with van der Waals surface area (Å²) in [5.74, 6) is -0.574. The molecule has 1 atom stereocenters. The summed E-state index contributed by atoms with van der Waals surface area (Å²) in [6, 6.07) is 6.94. The van der Waals surface area contributed by atoms with Crippen LogP contribution in [0.3, 0.4) is 0 Å². The van der Waals surface area contributed by atoms with Gasteiger partial charge in [-0.1, -0.05) is 17.7 Å². The van der Waals surface area contributed by atoms with Crippen LogP contribution in [-0.2, 0) is 11.2 Å². The van der Waals surface area contributed by atoms with Crippen LogP contribution in [0.2, 0.25) is 5.02 Å². The monoisotopic (exact) mass is 384 g/mol. The third-order valence-corrected chi connectivity index (χ3v) is 5.06. The SMILES string of the molecule is COC(=O)c1ccc2c(c1)C(C)N(C(=O)c1cc3ncc(Cl)cn3n1)CC2. The number of carbonyl (C=O) groups is 2. The van der Waals surface area contributed by atoms with E-state index in [0.717, 1.165) is 11.1 Å². The van der Waals surface area contributed by atoms with Gasteiger partial charge in [0.1, 0.15) is 0 Å². The molecular weight excluding hydrogens is 368 g/mol. The van der Waals surface area contributed by atoms with Crippen LogP contribution >= 0.6 is 11.6 Å². The summed E-state index contributed by atoms with van der Waals surface area (Å²) < 4.78 is 6.29. The van der Waals surface area contributed by atoms with Crippen molar-refractivity contribution in [3.63, 3.8) is 0 Å². The number of nitrogens with zero attached hydrogens (tertiary/aromatic N) is 4. The predicted octanol–water partition coefficient (Wildman–Crippen LogP) is 2.93. The number of aromatic nitrogens is 3. The van der Waals surface area contributed by atoms with Gasteiger partial charge in [-0.2, -0.15) is 5.10 Å². The molecular formula is C19H17ClN4O3. The van der Waals surface area contributed by atoms with Gasteiger partial charge in [0.15, 0.2) is 11.3 Å². The van der Waals surface area contributed by atoms with Crippen molar-refractivity contribution in [3.05, 3.63) is 64.1 Å². The summed E-state index contributed by atoms with van der Waals surface area (Å²) in [6.45, 7) is 2.52. The maximum atomic E-state index is 13.0.